The molecule has 170 valence electrons. The lowest BCUT2D eigenvalue weighted by molar-refractivity contribution is -0.149. The van der Waals surface area contributed by atoms with Crippen molar-refractivity contribution in [1.82, 2.24) is 14.7 Å². The van der Waals surface area contributed by atoms with Crippen LogP contribution in [-0.2, 0) is 16.1 Å². The molecule has 2 aliphatic heterocycles. The molecule has 0 aromatic heterocycles. The molecule has 2 aliphatic rings. The highest BCUT2D eigenvalue weighted by atomic mass is 19.1. The largest absolute Gasteiger partial charge is 0.497 e. The van der Waals surface area contributed by atoms with Crippen LogP contribution in [0.4, 0.5) is 4.39 Å². The highest BCUT2D eigenvalue weighted by molar-refractivity contribution is 5.89. The first kappa shape index (κ1) is 22.3. The Labute approximate surface area is 188 Å². The Hall–Kier alpha value is -2.93. The molecule has 4 rings (SSSR count). The zero-order valence-corrected chi connectivity index (χ0v) is 18.5. The van der Waals surface area contributed by atoms with Gasteiger partial charge in [-0.3, -0.25) is 14.5 Å². The third-order valence-electron chi connectivity index (χ3n) is 6.31. The van der Waals surface area contributed by atoms with Gasteiger partial charge in [0, 0.05) is 19.6 Å². The minimum absolute atomic E-state index is 0.0638. The lowest BCUT2D eigenvalue weighted by Gasteiger charge is -2.40. The summed E-state index contributed by atoms with van der Waals surface area (Å²) in [5.41, 5.74) is 1.78. The number of carbonyl (C=O) groups is 2. The number of piperazine rings is 1. The van der Waals surface area contributed by atoms with Crippen LogP contribution in [0.3, 0.4) is 0 Å². The summed E-state index contributed by atoms with van der Waals surface area (Å²) in [6.07, 6.45) is 3.23. The minimum Gasteiger partial charge on any atom is -0.497 e. The van der Waals surface area contributed by atoms with E-state index in [0.717, 1.165) is 49.2 Å². The van der Waals surface area contributed by atoms with Gasteiger partial charge in [-0.05, 0) is 61.3 Å². The Morgan fingerprint density at radius 2 is 1.78 bits per heavy atom. The molecular weight excluding hydrogens is 409 g/mol. The number of nitrogens with zero attached hydrogens (tertiary/aromatic N) is 3. The SMILES string of the molecule is COc1cccc(CN2CCN(C(=O)C(c3ccc(F)cc3)N3CCCCC3)CC2=O)c1. The molecule has 2 amide bonds. The van der Waals surface area contributed by atoms with Crippen LogP contribution in [0.15, 0.2) is 48.5 Å². The molecule has 2 fully saturated rings. The second-order valence-electron chi connectivity index (χ2n) is 8.48. The van der Waals surface area contributed by atoms with Crippen LogP contribution in [0.1, 0.15) is 36.4 Å². The fraction of sp³-hybridized carbons (Fsp3) is 0.440. The first-order valence-electron chi connectivity index (χ1n) is 11.2. The molecule has 6 nitrogen and oxygen atoms in total. The number of piperidine rings is 1. The summed E-state index contributed by atoms with van der Waals surface area (Å²) in [6.45, 7) is 3.19. The third kappa shape index (κ3) is 5.10. The molecule has 0 aliphatic carbocycles. The van der Waals surface area contributed by atoms with Gasteiger partial charge in [0.2, 0.25) is 11.8 Å². The van der Waals surface area contributed by atoms with Gasteiger partial charge >= 0.3 is 0 Å². The average molecular weight is 440 g/mol. The van der Waals surface area contributed by atoms with E-state index >= 15 is 0 Å². The second-order valence-corrected chi connectivity index (χ2v) is 8.48. The number of hydrogen-bond acceptors (Lipinski definition) is 4. The van der Waals surface area contributed by atoms with E-state index in [1.54, 1.807) is 29.0 Å². The highest BCUT2D eigenvalue weighted by Gasteiger charge is 2.35. The van der Waals surface area contributed by atoms with Crippen molar-refractivity contribution >= 4 is 11.8 Å². The number of methoxy groups -OCH3 is 1. The van der Waals surface area contributed by atoms with Gasteiger partial charge in [0.15, 0.2) is 0 Å². The maximum absolute atomic E-state index is 13.6. The Kier molecular flexibility index (Phi) is 7.05. The molecule has 7 heteroatoms. The Bertz CT molecular complexity index is 944. The predicted octanol–water partition coefficient (Wildman–Crippen LogP) is 3.23. The number of rotatable bonds is 6. The molecule has 0 bridgehead atoms. The molecule has 0 saturated carbocycles. The molecular formula is C25H30FN3O3. The molecule has 0 radical (unpaired) electrons. The van der Waals surface area contributed by atoms with E-state index < -0.39 is 6.04 Å². The number of carbonyl (C=O) groups excluding carboxylic acids is 2. The van der Waals surface area contributed by atoms with Gasteiger partial charge in [0.05, 0.1) is 13.7 Å². The van der Waals surface area contributed by atoms with Gasteiger partial charge in [-0.25, -0.2) is 4.39 Å². The standard InChI is InChI=1S/C25H30FN3O3/c1-32-22-7-5-6-19(16-22)17-28-14-15-29(18-23(28)30)25(31)24(27-12-3-2-4-13-27)20-8-10-21(26)11-9-20/h5-11,16,24H,2-4,12-15,17-18H2,1H3. The van der Waals surface area contributed by atoms with Gasteiger partial charge in [0.25, 0.3) is 0 Å². The lowest BCUT2D eigenvalue weighted by Crippen LogP contribution is -2.54. The maximum atomic E-state index is 13.6. The quantitative estimate of drug-likeness (QED) is 0.694. The minimum atomic E-state index is -0.478. The number of halogens is 1. The van der Waals surface area contributed by atoms with Gasteiger partial charge in [-0.1, -0.05) is 30.7 Å². The summed E-state index contributed by atoms with van der Waals surface area (Å²) >= 11 is 0. The number of ether oxygens (including phenoxy) is 1. The van der Waals surface area contributed by atoms with Crippen molar-refractivity contribution in [2.24, 2.45) is 0 Å². The fourth-order valence-corrected chi connectivity index (χ4v) is 4.56. The van der Waals surface area contributed by atoms with E-state index in [-0.39, 0.29) is 24.2 Å². The first-order chi connectivity index (χ1) is 15.5. The molecule has 2 saturated heterocycles. The van der Waals surface area contributed by atoms with Crippen LogP contribution in [0.5, 0.6) is 5.75 Å². The van der Waals surface area contributed by atoms with Crippen LogP contribution in [-0.4, -0.2) is 66.3 Å². The van der Waals surface area contributed by atoms with Crippen molar-refractivity contribution in [3.63, 3.8) is 0 Å². The van der Waals surface area contributed by atoms with E-state index in [1.165, 1.54) is 12.1 Å². The van der Waals surface area contributed by atoms with Crippen LogP contribution < -0.4 is 4.74 Å². The van der Waals surface area contributed by atoms with Crippen molar-refractivity contribution in [1.29, 1.82) is 0 Å². The zero-order valence-electron chi connectivity index (χ0n) is 18.5. The molecule has 1 atom stereocenters. The molecule has 0 spiro atoms. The van der Waals surface area contributed by atoms with Crippen molar-refractivity contribution < 1.29 is 18.7 Å². The van der Waals surface area contributed by atoms with Gasteiger partial charge in [-0.15, -0.1) is 0 Å². The van der Waals surface area contributed by atoms with Gasteiger partial charge in [-0.2, -0.15) is 0 Å². The summed E-state index contributed by atoms with van der Waals surface area (Å²) in [5.74, 6) is 0.296. The number of benzene rings is 2. The summed E-state index contributed by atoms with van der Waals surface area (Å²) in [5, 5.41) is 0. The summed E-state index contributed by atoms with van der Waals surface area (Å²) in [7, 11) is 1.62. The Morgan fingerprint density at radius 1 is 1.03 bits per heavy atom. The first-order valence-corrected chi connectivity index (χ1v) is 11.2. The molecule has 32 heavy (non-hydrogen) atoms. The van der Waals surface area contributed by atoms with Crippen molar-refractivity contribution in [2.45, 2.75) is 31.8 Å². The van der Waals surface area contributed by atoms with Crippen molar-refractivity contribution in [3.05, 3.63) is 65.5 Å². The van der Waals surface area contributed by atoms with Crippen LogP contribution in [0, 0.1) is 5.82 Å². The molecule has 2 aromatic carbocycles. The Balaban J connectivity index is 1.46. The molecule has 2 aromatic rings. The van der Waals surface area contributed by atoms with Crippen molar-refractivity contribution in [2.75, 3.05) is 39.8 Å². The number of amides is 2. The number of hydrogen-bond donors (Lipinski definition) is 0. The van der Waals surface area contributed by atoms with Crippen LogP contribution in [0.25, 0.3) is 0 Å². The van der Waals surface area contributed by atoms with E-state index in [1.807, 2.05) is 24.3 Å². The molecule has 1 unspecified atom stereocenters. The average Bonchev–Trinajstić information content (AvgIpc) is 2.82. The Morgan fingerprint density at radius 3 is 2.47 bits per heavy atom. The summed E-state index contributed by atoms with van der Waals surface area (Å²) in [6, 6.07) is 13.4. The fourth-order valence-electron chi connectivity index (χ4n) is 4.56. The maximum Gasteiger partial charge on any atom is 0.245 e. The van der Waals surface area contributed by atoms with Crippen molar-refractivity contribution in [3.8, 4) is 5.75 Å². The van der Waals surface area contributed by atoms with E-state index in [2.05, 4.69) is 4.90 Å². The lowest BCUT2D eigenvalue weighted by atomic mass is 10.00. The van der Waals surface area contributed by atoms with E-state index in [9.17, 15) is 14.0 Å². The highest BCUT2D eigenvalue weighted by Crippen LogP contribution is 2.28. The number of likely N-dealkylation sites (tertiary alicyclic amines) is 1. The zero-order chi connectivity index (χ0) is 22.5. The molecule has 2 heterocycles. The van der Waals surface area contributed by atoms with E-state index in [4.69, 9.17) is 4.74 Å². The van der Waals surface area contributed by atoms with Gasteiger partial charge in [0.1, 0.15) is 17.6 Å². The topological polar surface area (TPSA) is 53.1 Å². The second kappa shape index (κ2) is 10.1. The predicted molar refractivity (Wildman–Crippen MR) is 120 cm³/mol. The van der Waals surface area contributed by atoms with Crippen LogP contribution in [0.2, 0.25) is 0 Å². The third-order valence-corrected chi connectivity index (χ3v) is 6.31. The van der Waals surface area contributed by atoms with Crippen LogP contribution >= 0.6 is 0 Å². The summed E-state index contributed by atoms with van der Waals surface area (Å²) in [4.78, 5) is 32.1. The van der Waals surface area contributed by atoms with E-state index in [0.29, 0.717) is 19.6 Å². The molecule has 0 N–H and O–H groups in total. The monoisotopic (exact) mass is 439 g/mol. The normalized spacial score (nSPS) is 18.5. The smallest absolute Gasteiger partial charge is 0.245 e. The summed E-state index contributed by atoms with van der Waals surface area (Å²) < 4.78 is 18.8. The van der Waals surface area contributed by atoms with Gasteiger partial charge < -0.3 is 14.5 Å².